The fourth-order valence-corrected chi connectivity index (χ4v) is 0.706. The maximum absolute atomic E-state index is 8.89. The summed E-state index contributed by atoms with van der Waals surface area (Å²) in [4.78, 5) is 0. The molecule has 0 aliphatic rings. The van der Waals surface area contributed by atoms with Gasteiger partial charge in [0.2, 0.25) is 0 Å². The molecule has 0 heterocycles. The van der Waals surface area contributed by atoms with Crippen LogP contribution in [0.1, 0.15) is 13.8 Å². The molecule has 13 heavy (non-hydrogen) atoms. The molecule has 0 spiro atoms. The van der Waals surface area contributed by atoms with Crippen LogP contribution in [-0.4, -0.2) is 48.5 Å². The first-order valence-corrected chi connectivity index (χ1v) is 4.33. The second-order valence-corrected chi connectivity index (χ2v) is 3.10. The molecule has 0 radical (unpaired) electrons. The highest BCUT2D eigenvalue weighted by Gasteiger charge is 2.05. The average molecular weight is 193 g/mol. The van der Waals surface area contributed by atoms with Gasteiger partial charge in [-0.25, -0.2) is 0 Å². The molecule has 0 fully saturated rings. The molecule has 0 aliphatic heterocycles. The Bertz CT molecular complexity index is 119. The molecule has 80 valence electrons. The van der Waals surface area contributed by atoms with E-state index in [0.29, 0.717) is 6.61 Å². The summed E-state index contributed by atoms with van der Waals surface area (Å²) < 4.78 is 10.2. The highest BCUT2D eigenvalue weighted by molar-refractivity contribution is 4.51. The van der Waals surface area contributed by atoms with Gasteiger partial charge >= 0.3 is 0 Å². The van der Waals surface area contributed by atoms with E-state index in [1.165, 1.54) is 0 Å². The van der Waals surface area contributed by atoms with Crippen molar-refractivity contribution in [1.29, 1.82) is 0 Å². The van der Waals surface area contributed by atoms with Gasteiger partial charge in [0.15, 0.2) is 0 Å². The summed E-state index contributed by atoms with van der Waals surface area (Å²) in [5, 5.41) is 17.5. The lowest BCUT2D eigenvalue weighted by atomic mass is 10.4. The standard InChI is InChI=1S/C8H19NO4/c1-6(10)3-13-7(2)4-12-5-8(9)11/h6-8,10-11H,3-5,9H2,1-2H3. The maximum Gasteiger partial charge on any atom is 0.126 e. The van der Waals surface area contributed by atoms with Crippen molar-refractivity contribution in [3.05, 3.63) is 0 Å². The molecular weight excluding hydrogens is 174 g/mol. The fraction of sp³-hybridized carbons (Fsp3) is 1.00. The van der Waals surface area contributed by atoms with Crippen LogP contribution in [0.2, 0.25) is 0 Å². The summed E-state index contributed by atoms with van der Waals surface area (Å²) in [7, 11) is 0. The quantitative estimate of drug-likeness (QED) is 0.455. The molecule has 5 nitrogen and oxygen atoms in total. The fourth-order valence-electron chi connectivity index (χ4n) is 0.706. The van der Waals surface area contributed by atoms with E-state index in [2.05, 4.69) is 0 Å². The van der Waals surface area contributed by atoms with E-state index in [0.717, 1.165) is 0 Å². The highest BCUT2D eigenvalue weighted by Crippen LogP contribution is 1.94. The van der Waals surface area contributed by atoms with E-state index >= 15 is 0 Å². The highest BCUT2D eigenvalue weighted by atomic mass is 16.5. The van der Waals surface area contributed by atoms with Crippen molar-refractivity contribution in [2.24, 2.45) is 5.73 Å². The molecule has 0 aromatic carbocycles. The van der Waals surface area contributed by atoms with Crippen LogP contribution >= 0.6 is 0 Å². The molecule has 0 saturated carbocycles. The summed E-state index contributed by atoms with van der Waals surface area (Å²) >= 11 is 0. The molecule has 0 rings (SSSR count). The average Bonchev–Trinajstić information content (AvgIpc) is 2.00. The summed E-state index contributed by atoms with van der Waals surface area (Å²) in [6, 6.07) is 0. The van der Waals surface area contributed by atoms with E-state index in [-0.39, 0.29) is 19.3 Å². The molecule has 0 aromatic heterocycles. The van der Waals surface area contributed by atoms with Gasteiger partial charge in [-0.1, -0.05) is 0 Å². The molecule has 3 atom stereocenters. The number of nitrogens with two attached hydrogens (primary N) is 1. The Morgan fingerprint density at radius 1 is 1.15 bits per heavy atom. The van der Waals surface area contributed by atoms with Crippen molar-refractivity contribution in [3.8, 4) is 0 Å². The monoisotopic (exact) mass is 193 g/mol. The number of rotatable bonds is 7. The van der Waals surface area contributed by atoms with Gasteiger partial charge < -0.3 is 25.4 Å². The molecule has 0 saturated heterocycles. The third-order valence-electron chi connectivity index (χ3n) is 1.26. The van der Waals surface area contributed by atoms with E-state index < -0.39 is 12.3 Å². The van der Waals surface area contributed by atoms with E-state index in [9.17, 15) is 0 Å². The van der Waals surface area contributed by atoms with Gasteiger partial charge in [-0.2, -0.15) is 0 Å². The van der Waals surface area contributed by atoms with Crippen molar-refractivity contribution in [2.45, 2.75) is 32.3 Å². The third-order valence-corrected chi connectivity index (χ3v) is 1.26. The first kappa shape index (κ1) is 12.8. The second kappa shape index (κ2) is 7.23. The lowest BCUT2D eigenvalue weighted by Gasteiger charge is -2.15. The molecule has 0 aliphatic carbocycles. The van der Waals surface area contributed by atoms with E-state index in [1.54, 1.807) is 6.92 Å². The van der Waals surface area contributed by atoms with Gasteiger partial charge in [-0.05, 0) is 13.8 Å². The van der Waals surface area contributed by atoms with Crippen LogP contribution in [0.3, 0.4) is 0 Å². The molecular formula is C8H19NO4. The van der Waals surface area contributed by atoms with Crippen molar-refractivity contribution >= 4 is 0 Å². The van der Waals surface area contributed by atoms with Gasteiger partial charge in [0.05, 0.1) is 32.0 Å². The Morgan fingerprint density at radius 3 is 2.23 bits per heavy atom. The number of aliphatic hydroxyl groups excluding tert-OH is 2. The zero-order chi connectivity index (χ0) is 10.3. The van der Waals surface area contributed by atoms with Gasteiger partial charge in [0.25, 0.3) is 0 Å². The van der Waals surface area contributed by atoms with Gasteiger partial charge in [-0.3, -0.25) is 0 Å². The van der Waals surface area contributed by atoms with Gasteiger partial charge in [-0.15, -0.1) is 0 Å². The Kier molecular flexibility index (Phi) is 7.12. The van der Waals surface area contributed by atoms with Crippen LogP contribution in [0.5, 0.6) is 0 Å². The molecule has 3 unspecified atom stereocenters. The Balaban J connectivity index is 3.25. The van der Waals surface area contributed by atoms with Crippen molar-refractivity contribution in [2.75, 3.05) is 19.8 Å². The molecule has 0 amide bonds. The Hall–Kier alpha value is -0.200. The lowest BCUT2D eigenvalue weighted by molar-refractivity contribution is -0.0505. The minimum absolute atomic E-state index is 0.0996. The van der Waals surface area contributed by atoms with Crippen LogP contribution in [-0.2, 0) is 9.47 Å². The predicted molar refractivity (Wildman–Crippen MR) is 48.1 cm³/mol. The minimum atomic E-state index is -0.941. The number of hydrogen-bond acceptors (Lipinski definition) is 5. The molecule has 5 heteroatoms. The summed E-state index contributed by atoms with van der Waals surface area (Å²) in [6.07, 6.45) is -1.51. The van der Waals surface area contributed by atoms with Crippen molar-refractivity contribution in [3.63, 3.8) is 0 Å². The van der Waals surface area contributed by atoms with E-state index in [1.807, 2.05) is 6.92 Å². The van der Waals surface area contributed by atoms with Gasteiger partial charge in [0.1, 0.15) is 6.23 Å². The smallest absolute Gasteiger partial charge is 0.126 e. The zero-order valence-corrected chi connectivity index (χ0v) is 8.14. The minimum Gasteiger partial charge on any atom is -0.391 e. The Labute approximate surface area is 78.4 Å². The number of aliphatic hydroxyl groups is 2. The SMILES string of the molecule is CC(O)COC(C)COCC(N)O. The normalized spacial score (nSPS) is 18.2. The molecule has 4 N–H and O–H groups in total. The predicted octanol–water partition coefficient (Wildman–Crippen LogP) is -0.934. The second-order valence-electron chi connectivity index (χ2n) is 3.10. The summed E-state index contributed by atoms with van der Waals surface area (Å²) in [6.45, 7) is 4.22. The first-order valence-electron chi connectivity index (χ1n) is 4.33. The number of ether oxygens (including phenoxy) is 2. The van der Waals surface area contributed by atoms with Crippen molar-refractivity contribution < 1.29 is 19.7 Å². The molecule has 0 aromatic rings. The lowest BCUT2D eigenvalue weighted by Crippen LogP contribution is -2.28. The third kappa shape index (κ3) is 9.72. The van der Waals surface area contributed by atoms with Crippen LogP contribution in [0, 0.1) is 0 Å². The van der Waals surface area contributed by atoms with E-state index in [4.69, 9.17) is 25.4 Å². The summed E-state index contributed by atoms with van der Waals surface area (Å²) in [5.41, 5.74) is 5.05. The van der Waals surface area contributed by atoms with Gasteiger partial charge in [0, 0.05) is 0 Å². The van der Waals surface area contributed by atoms with Crippen molar-refractivity contribution in [1.82, 2.24) is 0 Å². The first-order chi connectivity index (χ1) is 6.02. The van der Waals surface area contributed by atoms with Crippen LogP contribution in [0.25, 0.3) is 0 Å². The molecule has 0 bridgehead atoms. The topological polar surface area (TPSA) is 84.9 Å². The maximum atomic E-state index is 8.89. The van der Waals surface area contributed by atoms with Crippen LogP contribution < -0.4 is 5.73 Å². The zero-order valence-electron chi connectivity index (χ0n) is 8.14. The summed E-state index contributed by atoms with van der Waals surface area (Å²) in [5.74, 6) is 0. The Morgan fingerprint density at radius 2 is 1.77 bits per heavy atom. The van der Waals surface area contributed by atoms with Crippen LogP contribution in [0.4, 0.5) is 0 Å². The van der Waals surface area contributed by atoms with Crippen LogP contribution in [0.15, 0.2) is 0 Å². The number of hydrogen-bond donors (Lipinski definition) is 3. The largest absolute Gasteiger partial charge is 0.391 e.